The first kappa shape index (κ1) is 76.1. The van der Waals surface area contributed by atoms with Crippen LogP contribution < -0.4 is 14.7 Å². The Labute approximate surface area is 795 Å². The zero-order chi connectivity index (χ0) is 90.9. The van der Waals surface area contributed by atoms with Gasteiger partial charge in [0, 0.05) is 137 Å². The second kappa shape index (κ2) is 28.4. The van der Waals surface area contributed by atoms with Gasteiger partial charge in [-0.1, -0.05) is 311 Å². The standard InChI is InChI=1S/C129H77N5O5/c1-129(2)104-45-12-6-30-82(104)83-65-62-81(73-105(83)129)132(110-50-22-39-96-89-35-11-17-55-116(89)136-123(96)110)113-53-25-42-99-101-69-67-92-87-63-58-76(70-114(87)134-108-48-15-9-33-86(108)94-37-20-44-103(121(94)134)119(92)128(101)139-126(99)113)77-59-64-90-97-40-23-51-111(124(97)137-117(90)71-77)131(80-29-18-28-79(72-80)130(78-60-56-75(57-61-78)74-26-4-3-5-27-74)109-49-21-38-95-88-34-10-16-54-115(88)135-122(95)109)112-52-24-41-98-100-68-66-91-84-31-7-13-46-106(84)133-107-47-14-8-32-85(107)93-36-19-43-102(120(93)133)118(91)127(100)138-125(98)112/h3-73H,1-2H3. The molecule has 0 radical (unpaired) electrons. The molecule has 3 aliphatic rings. The SMILES string of the molecule is CC1(C)c2ccccc2-c2ccc(N(c3cccc4c3oc3ccccc34)c3cccc4c3oc3c5c(ccc34)-c3ccc(-c4ccc6c(c4)oc4c(N(c7cccc(N(c8ccc(-c9ccccc9)cc8)c8cccc9c8oc8ccccc89)c7)c7cccc8c7oc7c9c(ccc78)-c7ccccc7-n7c8ccccc8c8cccc-9c87)cccc46)cc3-n3c4ccccc4c4cccc-5c43)cc21. The molecule has 28 aromatic rings. The van der Waals surface area contributed by atoms with Crippen molar-refractivity contribution in [3.8, 4) is 89.3 Å². The monoisotopic (exact) mass is 1780 g/mol. The molecule has 21 aromatic carbocycles. The van der Waals surface area contributed by atoms with Crippen molar-refractivity contribution in [2.45, 2.75) is 19.3 Å². The van der Waals surface area contributed by atoms with Crippen LogP contribution in [0.15, 0.2) is 453 Å². The molecule has 648 valence electrons. The molecule has 31 rings (SSSR count). The second-order valence-corrected chi connectivity index (χ2v) is 37.9. The first-order chi connectivity index (χ1) is 68.7. The minimum Gasteiger partial charge on any atom is -0.454 e. The number of fused-ring (bicyclic) bond motifs is 36. The van der Waals surface area contributed by atoms with E-state index in [0.29, 0.717) is 5.58 Å². The lowest BCUT2D eigenvalue weighted by atomic mass is 9.82. The quantitative estimate of drug-likeness (QED) is 0.127. The number of anilines is 9. The van der Waals surface area contributed by atoms with E-state index in [-0.39, 0.29) is 5.41 Å². The van der Waals surface area contributed by atoms with Crippen LogP contribution in [0.1, 0.15) is 25.0 Å². The van der Waals surface area contributed by atoms with E-state index < -0.39 is 0 Å². The summed E-state index contributed by atoms with van der Waals surface area (Å²) < 4.78 is 42.4. The van der Waals surface area contributed by atoms with Crippen LogP contribution in [-0.2, 0) is 5.41 Å². The Bertz CT molecular complexity index is 10300. The molecule has 2 aliphatic heterocycles. The molecule has 1 aliphatic carbocycles. The minimum absolute atomic E-state index is 0.258. The number of rotatable bonds is 11. The van der Waals surface area contributed by atoms with Crippen LogP contribution in [0.2, 0.25) is 0 Å². The van der Waals surface area contributed by atoms with E-state index >= 15 is 0 Å². The molecule has 0 unspecified atom stereocenters. The topological polar surface area (TPSA) is 85.3 Å². The van der Waals surface area contributed by atoms with E-state index in [2.05, 4.69) is 456 Å². The van der Waals surface area contributed by atoms with Crippen molar-refractivity contribution < 1.29 is 22.1 Å². The maximum atomic E-state index is 7.89. The van der Waals surface area contributed by atoms with Gasteiger partial charge in [-0.2, -0.15) is 0 Å². The Morgan fingerprint density at radius 1 is 0.194 bits per heavy atom. The largest absolute Gasteiger partial charge is 0.454 e. The molecule has 0 saturated heterocycles. The molecule has 0 spiro atoms. The van der Waals surface area contributed by atoms with Gasteiger partial charge in [-0.25, -0.2) is 0 Å². The lowest BCUT2D eigenvalue weighted by Gasteiger charge is -2.29. The molecule has 0 amide bonds. The highest BCUT2D eigenvalue weighted by molar-refractivity contribution is 6.26. The van der Waals surface area contributed by atoms with Gasteiger partial charge in [0.15, 0.2) is 27.9 Å². The highest BCUT2D eigenvalue weighted by atomic mass is 16.3. The van der Waals surface area contributed by atoms with E-state index in [1.54, 1.807) is 0 Å². The van der Waals surface area contributed by atoms with Gasteiger partial charge in [-0.3, -0.25) is 0 Å². The summed E-state index contributed by atoms with van der Waals surface area (Å²) in [5.74, 6) is 0. The first-order valence-electron chi connectivity index (χ1n) is 47.7. The van der Waals surface area contributed by atoms with Gasteiger partial charge in [0.2, 0.25) is 0 Å². The number of para-hydroxylation sites is 12. The second-order valence-electron chi connectivity index (χ2n) is 37.9. The van der Waals surface area contributed by atoms with Crippen molar-refractivity contribution in [1.29, 1.82) is 0 Å². The molecule has 0 saturated carbocycles. The van der Waals surface area contributed by atoms with Crippen LogP contribution in [0.4, 0.5) is 51.2 Å². The molecule has 0 bridgehead atoms. The molecule has 0 atom stereocenters. The lowest BCUT2D eigenvalue weighted by Crippen LogP contribution is -2.16. The summed E-state index contributed by atoms with van der Waals surface area (Å²) in [6.07, 6.45) is 0. The summed E-state index contributed by atoms with van der Waals surface area (Å²) in [5, 5.41) is 14.9. The van der Waals surface area contributed by atoms with E-state index in [1.807, 2.05) is 12.1 Å². The van der Waals surface area contributed by atoms with Crippen molar-refractivity contribution >= 4 is 204 Å². The van der Waals surface area contributed by atoms with Crippen LogP contribution in [0.3, 0.4) is 0 Å². The zero-order valence-corrected chi connectivity index (χ0v) is 75.3. The average Bonchev–Trinajstić information content (AvgIpc) is 1.54. The molecule has 10 heteroatoms. The Morgan fingerprint density at radius 3 is 1.14 bits per heavy atom. The first-order valence-corrected chi connectivity index (χ1v) is 47.7. The fourth-order valence-electron chi connectivity index (χ4n) is 24.2. The smallest absolute Gasteiger partial charge is 0.159 e. The van der Waals surface area contributed by atoms with Crippen LogP contribution in [-0.4, -0.2) is 9.13 Å². The summed E-state index contributed by atoms with van der Waals surface area (Å²) in [5.41, 5.74) is 40.5. The maximum absolute atomic E-state index is 7.89. The summed E-state index contributed by atoms with van der Waals surface area (Å²) in [4.78, 5) is 7.08. The number of hydrogen-bond acceptors (Lipinski definition) is 8. The normalized spacial score (nSPS) is 12.9. The summed E-state index contributed by atoms with van der Waals surface area (Å²) in [6.45, 7) is 4.70. The summed E-state index contributed by atoms with van der Waals surface area (Å²) >= 11 is 0. The average molecular weight is 1780 g/mol. The third-order valence-corrected chi connectivity index (χ3v) is 30.4. The number of furan rings is 5. The lowest BCUT2D eigenvalue weighted by molar-refractivity contribution is 0.660. The number of hydrogen-bond donors (Lipinski definition) is 0. The summed E-state index contributed by atoms with van der Waals surface area (Å²) in [7, 11) is 0. The number of nitrogens with zero attached hydrogens (tertiary/aromatic N) is 5. The molecular weight excluding hydrogens is 1700 g/mol. The van der Waals surface area contributed by atoms with Gasteiger partial charge >= 0.3 is 0 Å². The fourth-order valence-corrected chi connectivity index (χ4v) is 24.2. The van der Waals surface area contributed by atoms with E-state index in [4.69, 9.17) is 22.1 Å². The number of aromatic nitrogens is 2. The predicted molar refractivity (Wildman–Crippen MR) is 573 cm³/mol. The van der Waals surface area contributed by atoms with E-state index in [0.717, 1.165) is 261 Å². The zero-order valence-electron chi connectivity index (χ0n) is 75.3. The van der Waals surface area contributed by atoms with Gasteiger partial charge in [-0.15, -0.1) is 0 Å². The Morgan fingerprint density at radius 2 is 0.554 bits per heavy atom. The van der Waals surface area contributed by atoms with Gasteiger partial charge in [-0.05, 0) is 189 Å². The van der Waals surface area contributed by atoms with Gasteiger partial charge in [0.1, 0.15) is 27.9 Å². The molecular formula is C129H77N5O5. The Kier molecular flexibility index (Phi) is 15.5. The fraction of sp³-hybridized carbons (Fsp3) is 0.0233. The van der Waals surface area contributed by atoms with E-state index in [9.17, 15) is 0 Å². The molecule has 9 heterocycles. The number of benzene rings is 21. The van der Waals surface area contributed by atoms with E-state index in [1.165, 1.54) is 38.4 Å². The van der Waals surface area contributed by atoms with Crippen molar-refractivity contribution in [3.63, 3.8) is 0 Å². The molecule has 139 heavy (non-hydrogen) atoms. The van der Waals surface area contributed by atoms with Crippen molar-refractivity contribution in [2.24, 2.45) is 0 Å². The Balaban J connectivity index is 0.591. The van der Waals surface area contributed by atoms with Crippen molar-refractivity contribution in [3.05, 3.63) is 442 Å². The molecule has 7 aromatic heterocycles. The van der Waals surface area contributed by atoms with Crippen LogP contribution in [0.5, 0.6) is 0 Å². The molecule has 0 fully saturated rings. The van der Waals surface area contributed by atoms with Gasteiger partial charge in [0.25, 0.3) is 0 Å². The third kappa shape index (κ3) is 10.6. The van der Waals surface area contributed by atoms with Crippen LogP contribution >= 0.6 is 0 Å². The minimum atomic E-state index is -0.258. The van der Waals surface area contributed by atoms with Gasteiger partial charge in [0.05, 0.1) is 61.9 Å². The van der Waals surface area contributed by atoms with Crippen LogP contribution in [0.25, 0.3) is 243 Å². The third-order valence-electron chi connectivity index (χ3n) is 30.4. The summed E-state index contributed by atoms with van der Waals surface area (Å²) in [6, 6.07) is 157. The van der Waals surface area contributed by atoms with Gasteiger partial charge < -0.3 is 45.9 Å². The highest BCUT2D eigenvalue weighted by Gasteiger charge is 2.39. The maximum Gasteiger partial charge on any atom is 0.159 e. The predicted octanol–water partition coefficient (Wildman–Crippen LogP) is 36.7. The molecule has 0 N–H and O–H groups in total. The highest BCUT2D eigenvalue weighted by Crippen LogP contribution is 2.59. The van der Waals surface area contributed by atoms with Crippen molar-refractivity contribution in [2.75, 3.05) is 14.7 Å². The van der Waals surface area contributed by atoms with Crippen molar-refractivity contribution in [1.82, 2.24) is 9.13 Å². The Hall–Kier alpha value is -18.4. The molecule has 10 nitrogen and oxygen atoms in total. The van der Waals surface area contributed by atoms with Crippen LogP contribution in [0, 0.1) is 0 Å².